The second-order valence-corrected chi connectivity index (χ2v) is 8.82. The lowest BCUT2D eigenvalue weighted by Gasteiger charge is -2.33. The fourth-order valence-electron chi connectivity index (χ4n) is 2.65. The van der Waals surface area contributed by atoms with Crippen molar-refractivity contribution in [1.29, 1.82) is 0 Å². The molecule has 0 bridgehead atoms. The van der Waals surface area contributed by atoms with Gasteiger partial charge in [-0.3, -0.25) is 4.79 Å². The highest BCUT2D eigenvalue weighted by atomic mass is 32.2. The number of hydrogen-bond acceptors (Lipinski definition) is 4. The van der Waals surface area contributed by atoms with Crippen molar-refractivity contribution in [2.45, 2.75) is 10.4 Å². The molecule has 2 aromatic rings. The van der Waals surface area contributed by atoms with Gasteiger partial charge >= 0.3 is 6.18 Å². The number of halogens is 3. The van der Waals surface area contributed by atoms with Crippen LogP contribution < -0.4 is 0 Å². The standard InChI is InChI=1S/C16H15F3N2O3S2/c17-16(18,19)13-5-3-12(4-6-13)15(22)20-7-9-21(10-8-20)26(23,24)14-2-1-11-25-14/h1-6,11H,7-10H2. The molecule has 140 valence electrons. The Hall–Kier alpha value is -1.91. The van der Waals surface area contributed by atoms with E-state index in [1.54, 1.807) is 11.4 Å². The highest BCUT2D eigenvalue weighted by Crippen LogP contribution is 2.29. The van der Waals surface area contributed by atoms with Crippen LogP contribution in [-0.2, 0) is 16.2 Å². The largest absolute Gasteiger partial charge is 0.416 e. The number of rotatable bonds is 3. The van der Waals surface area contributed by atoms with Crippen LogP contribution in [-0.4, -0.2) is 49.7 Å². The van der Waals surface area contributed by atoms with Crippen molar-refractivity contribution in [1.82, 2.24) is 9.21 Å². The number of thiophene rings is 1. The molecule has 10 heteroatoms. The minimum absolute atomic E-state index is 0.145. The molecule has 0 N–H and O–H groups in total. The van der Waals surface area contributed by atoms with E-state index in [1.165, 1.54) is 15.3 Å². The van der Waals surface area contributed by atoms with E-state index in [9.17, 15) is 26.4 Å². The average molecular weight is 404 g/mol. The maximum absolute atomic E-state index is 12.6. The molecule has 0 spiro atoms. The average Bonchev–Trinajstić information content (AvgIpc) is 3.16. The summed E-state index contributed by atoms with van der Waals surface area (Å²) in [4.78, 5) is 13.9. The van der Waals surface area contributed by atoms with Gasteiger partial charge in [-0.05, 0) is 35.7 Å². The minimum Gasteiger partial charge on any atom is -0.336 e. The third kappa shape index (κ3) is 3.76. The van der Waals surface area contributed by atoms with Crippen LogP contribution >= 0.6 is 11.3 Å². The lowest BCUT2D eigenvalue weighted by atomic mass is 10.1. The van der Waals surface area contributed by atoms with E-state index in [2.05, 4.69) is 0 Å². The van der Waals surface area contributed by atoms with Crippen LogP contribution in [0.5, 0.6) is 0 Å². The summed E-state index contributed by atoms with van der Waals surface area (Å²) in [7, 11) is -3.57. The van der Waals surface area contributed by atoms with Crippen LogP contribution in [0.2, 0.25) is 0 Å². The summed E-state index contributed by atoms with van der Waals surface area (Å²) >= 11 is 1.13. The van der Waals surface area contributed by atoms with Crippen molar-refractivity contribution in [2.24, 2.45) is 0 Å². The Morgan fingerprint density at radius 3 is 2.12 bits per heavy atom. The number of alkyl halides is 3. The molecule has 1 saturated heterocycles. The van der Waals surface area contributed by atoms with Gasteiger partial charge < -0.3 is 4.90 Å². The number of amides is 1. The van der Waals surface area contributed by atoms with E-state index >= 15 is 0 Å². The SMILES string of the molecule is O=C(c1ccc(C(F)(F)F)cc1)N1CCN(S(=O)(=O)c2cccs2)CC1. The van der Waals surface area contributed by atoms with Crippen molar-refractivity contribution in [3.05, 3.63) is 52.9 Å². The summed E-state index contributed by atoms with van der Waals surface area (Å²) < 4.78 is 64.2. The zero-order chi connectivity index (χ0) is 18.9. The molecule has 2 heterocycles. The molecule has 0 atom stereocenters. The molecule has 3 rings (SSSR count). The highest BCUT2D eigenvalue weighted by molar-refractivity contribution is 7.91. The summed E-state index contributed by atoms with van der Waals surface area (Å²) in [6.07, 6.45) is -4.46. The van der Waals surface area contributed by atoms with Crippen LogP contribution in [0.3, 0.4) is 0 Å². The van der Waals surface area contributed by atoms with E-state index in [-0.39, 0.29) is 36.0 Å². The van der Waals surface area contributed by atoms with Crippen molar-refractivity contribution in [3.8, 4) is 0 Å². The van der Waals surface area contributed by atoms with E-state index in [1.807, 2.05) is 0 Å². The van der Waals surface area contributed by atoms with Crippen LogP contribution in [0.15, 0.2) is 46.0 Å². The van der Waals surface area contributed by atoms with Gasteiger partial charge in [0, 0.05) is 31.7 Å². The van der Waals surface area contributed by atoms with Gasteiger partial charge in [0.05, 0.1) is 5.56 Å². The maximum atomic E-state index is 12.6. The van der Waals surface area contributed by atoms with Gasteiger partial charge in [0.25, 0.3) is 15.9 Å². The zero-order valence-corrected chi connectivity index (χ0v) is 15.1. The van der Waals surface area contributed by atoms with E-state index in [0.29, 0.717) is 0 Å². The fraction of sp³-hybridized carbons (Fsp3) is 0.312. The van der Waals surface area contributed by atoms with Gasteiger partial charge in [0.2, 0.25) is 0 Å². The van der Waals surface area contributed by atoms with Gasteiger partial charge in [-0.2, -0.15) is 17.5 Å². The summed E-state index contributed by atoms with van der Waals surface area (Å²) in [6.45, 7) is 0.661. The van der Waals surface area contributed by atoms with Gasteiger partial charge in [-0.1, -0.05) is 6.07 Å². The van der Waals surface area contributed by atoms with Crippen molar-refractivity contribution < 1.29 is 26.4 Å². The normalized spacial score (nSPS) is 16.7. The molecule has 26 heavy (non-hydrogen) atoms. The fourth-order valence-corrected chi connectivity index (χ4v) is 5.22. The molecule has 0 radical (unpaired) electrons. The summed E-state index contributed by atoms with van der Waals surface area (Å²) in [6, 6.07) is 7.19. The third-order valence-electron chi connectivity index (χ3n) is 4.07. The predicted octanol–water partition coefficient (Wildman–Crippen LogP) is 2.91. The molecule has 1 amide bonds. The number of sulfonamides is 1. The van der Waals surface area contributed by atoms with E-state index in [0.717, 1.165) is 35.6 Å². The number of piperazine rings is 1. The van der Waals surface area contributed by atoms with Crippen molar-refractivity contribution in [3.63, 3.8) is 0 Å². The second kappa shape index (κ2) is 7.01. The minimum atomic E-state index is -4.46. The first-order chi connectivity index (χ1) is 12.2. The van der Waals surface area contributed by atoms with Crippen LogP contribution in [0, 0.1) is 0 Å². The lowest BCUT2D eigenvalue weighted by Crippen LogP contribution is -2.50. The number of carbonyl (C=O) groups excluding carboxylic acids is 1. The molecule has 0 unspecified atom stereocenters. The van der Waals surface area contributed by atoms with Gasteiger partial charge in [0.15, 0.2) is 0 Å². The molecule has 1 aliphatic rings. The molecule has 1 aromatic heterocycles. The molecule has 1 aliphatic heterocycles. The Balaban J connectivity index is 1.65. The quantitative estimate of drug-likeness (QED) is 0.791. The highest BCUT2D eigenvalue weighted by Gasteiger charge is 2.32. The van der Waals surface area contributed by atoms with E-state index in [4.69, 9.17) is 0 Å². The first kappa shape index (κ1) is 18.9. The Labute approximate surface area is 152 Å². The first-order valence-corrected chi connectivity index (χ1v) is 10.0. The number of benzene rings is 1. The Morgan fingerprint density at radius 2 is 1.62 bits per heavy atom. The Morgan fingerprint density at radius 1 is 1.00 bits per heavy atom. The number of hydrogen-bond donors (Lipinski definition) is 0. The van der Waals surface area contributed by atoms with Gasteiger partial charge in [-0.15, -0.1) is 11.3 Å². The van der Waals surface area contributed by atoms with Crippen LogP contribution in [0.4, 0.5) is 13.2 Å². The third-order valence-corrected chi connectivity index (χ3v) is 7.35. The predicted molar refractivity (Wildman–Crippen MR) is 90.4 cm³/mol. The molecular weight excluding hydrogens is 389 g/mol. The van der Waals surface area contributed by atoms with E-state index < -0.39 is 27.7 Å². The number of nitrogens with zero attached hydrogens (tertiary/aromatic N) is 2. The second-order valence-electron chi connectivity index (χ2n) is 5.70. The summed E-state index contributed by atoms with van der Waals surface area (Å²) in [5.41, 5.74) is -0.673. The zero-order valence-electron chi connectivity index (χ0n) is 13.4. The van der Waals surface area contributed by atoms with Crippen LogP contribution in [0.25, 0.3) is 0 Å². The first-order valence-electron chi connectivity index (χ1n) is 7.70. The lowest BCUT2D eigenvalue weighted by molar-refractivity contribution is -0.137. The number of carbonyl (C=O) groups is 1. The Bertz CT molecular complexity index is 870. The molecular formula is C16H15F3N2O3S2. The van der Waals surface area contributed by atoms with Crippen molar-refractivity contribution in [2.75, 3.05) is 26.2 Å². The molecule has 5 nitrogen and oxygen atoms in total. The summed E-state index contributed by atoms with van der Waals surface area (Å²) in [5.74, 6) is -0.410. The molecule has 0 aliphatic carbocycles. The molecule has 0 saturated carbocycles. The smallest absolute Gasteiger partial charge is 0.336 e. The van der Waals surface area contributed by atoms with Crippen LogP contribution in [0.1, 0.15) is 15.9 Å². The Kier molecular flexibility index (Phi) is 5.09. The molecule has 1 fully saturated rings. The van der Waals surface area contributed by atoms with Crippen molar-refractivity contribution >= 4 is 27.3 Å². The maximum Gasteiger partial charge on any atom is 0.416 e. The monoisotopic (exact) mass is 404 g/mol. The molecule has 1 aromatic carbocycles. The van der Waals surface area contributed by atoms with Gasteiger partial charge in [0.1, 0.15) is 4.21 Å². The summed E-state index contributed by atoms with van der Waals surface area (Å²) in [5, 5.41) is 1.68. The topological polar surface area (TPSA) is 57.7 Å². The van der Waals surface area contributed by atoms with Gasteiger partial charge in [-0.25, -0.2) is 8.42 Å².